The van der Waals surface area contributed by atoms with Crippen molar-refractivity contribution < 1.29 is 54.8 Å². The number of nitrogens with one attached hydrogen (secondary N) is 1. The maximum Gasteiger partial charge on any atom is 0.217 e. The van der Waals surface area contributed by atoms with Crippen LogP contribution in [0.3, 0.4) is 0 Å². The molecule has 26 heavy (non-hydrogen) atoms. The SMILES string of the molecule is CC(=O)NC1C(OC2C(O)C(O)OC(CO)C2O)OC(CO)C(O)C1O. The molecule has 0 aromatic carbocycles. The fourth-order valence-electron chi connectivity index (χ4n) is 2.97. The van der Waals surface area contributed by atoms with Crippen LogP contribution in [0.4, 0.5) is 0 Å². The van der Waals surface area contributed by atoms with Crippen LogP contribution in [0.25, 0.3) is 0 Å². The molecule has 0 radical (unpaired) electrons. The Bertz CT molecular complexity index is 480. The minimum absolute atomic E-state index is 0.581. The Hall–Kier alpha value is -0.930. The fourth-order valence-corrected chi connectivity index (χ4v) is 2.97. The summed E-state index contributed by atoms with van der Waals surface area (Å²) in [5.74, 6) is -0.581. The minimum Gasteiger partial charge on any atom is -0.394 e. The molecule has 2 saturated heterocycles. The number of ether oxygens (including phenoxy) is 3. The molecule has 0 aromatic heterocycles. The zero-order chi connectivity index (χ0) is 19.6. The van der Waals surface area contributed by atoms with E-state index < -0.39 is 80.5 Å². The molecule has 0 bridgehead atoms. The molecule has 0 saturated carbocycles. The van der Waals surface area contributed by atoms with Gasteiger partial charge < -0.3 is 55.3 Å². The van der Waals surface area contributed by atoms with E-state index in [9.17, 15) is 40.5 Å². The summed E-state index contributed by atoms with van der Waals surface area (Å²) in [6.07, 6.45) is -13.7. The van der Waals surface area contributed by atoms with E-state index in [0.717, 1.165) is 6.92 Å². The zero-order valence-corrected chi connectivity index (χ0v) is 14.0. The maximum absolute atomic E-state index is 11.4. The van der Waals surface area contributed by atoms with Gasteiger partial charge in [-0.1, -0.05) is 0 Å². The summed E-state index contributed by atoms with van der Waals surface area (Å²) in [5.41, 5.74) is 0. The van der Waals surface area contributed by atoms with Gasteiger partial charge in [-0.3, -0.25) is 4.79 Å². The van der Waals surface area contributed by atoms with E-state index in [2.05, 4.69) is 5.32 Å². The summed E-state index contributed by atoms with van der Waals surface area (Å²) in [7, 11) is 0. The molecule has 2 fully saturated rings. The van der Waals surface area contributed by atoms with Crippen LogP contribution in [0.1, 0.15) is 6.92 Å². The standard InChI is InChI=1S/C14H25NO11/c1-4(18)15-7-10(21)8(19)5(2-16)25-14(7)26-12-9(20)6(3-17)24-13(23)11(12)22/h5-14,16-17,19-23H,2-3H2,1H3,(H,15,18). The van der Waals surface area contributed by atoms with E-state index in [1.54, 1.807) is 0 Å². The van der Waals surface area contributed by atoms with E-state index in [-0.39, 0.29) is 0 Å². The molecule has 2 aliphatic rings. The predicted octanol–water partition coefficient (Wildman–Crippen LogP) is -5.25. The van der Waals surface area contributed by atoms with Gasteiger partial charge in [0, 0.05) is 6.92 Å². The summed E-state index contributed by atoms with van der Waals surface area (Å²) >= 11 is 0. The van der Waals surface area contributed by atoms with Crippen LogP contribution < -0.4 is 5.32 Å². The number of hydrogen-bond acceptors (Lipinski definition) is 11. The average molecular weight is 383 g/mol. The van der Waals surface area contributed by atoms with Crippen LogP contribution in [-0.2, 0) is 19.0 Å². The third-order valence-corrected chi connectivity index (χ3v) is 4.38. The number of amides is 1. The number of carbonyl (C=O) groups excluding carboxylic acids is 1. The lowest BCUT2D eigenvalue weighted by Gasteiger charge is -2.46. The van der Waals surface area contributed by atoms with Crippen molar-refractivity contribution in [2.45, 2.75) is 68.3 Å². The molecule has 10 unspecified atom stereocenters. The first-order valence-electron chi connectivity index (χ1n) is 8.06. The van der Waals surface area contributed by atoms with E-state index in [1.807, 2.05) is 0 Å². The second-order valence-electron chi connectivity index (χ2n) is 6.26. The molecule has 8 N–H and O–H groups in total. The highest BCUT2D eigenvalue weighted by molar-refractivity contribution is 5.73. The van der Waals surface area contributed by atoms with Crippen molar-refractivity contribution in [2.24, 2.45) is 0 Å². The van der Waals surface area contributed by atoms with Crippen molar-refractivity contribution in [1.29, 1.82) is 0 Å². The largest absolute Gasteiger partial charge is 0.394 e. The summed E-state index contributed by atoms with van der Waals surface area (Å²) in [5, 5.41) is 70.8. The summed E-state index contributed by atoms with van der Waals surface area (Å²) in [6, 6.07) is -1.29. The minimum atomic E-state index is -1.77. The lowest BCUT2D eigenvalue weighted by molar-refractivity contribution is -0.341. The van der Waals surface area contributed by atoms with Gasteiger partial charge >= 0.3 is 0 Å². The quantitative estimate of drug-likeness (QED) is 0.226. The van der Waals surface area contributed by atoms with Gasteiger partial charge in [0.1, 0.15) is 48.8 Å². The molecule has 2 heterocycles. The second-order valence-corrected chi connectivity index (χ2v) is 6.26. The van der Waals surface area contributed by atoms with Crippen LogP contribution >= 0.6 is 0 Å². The van der Waals surface area contributed by atoms with Gasteiger partial charge in [-0.25, -0.2) is 0 Å². The van der Waals surface area contributed by atoms with Crippen molar-refractivity contribution in [1.82, 2.24) is 5.32 Å². The first-order chi connectivity index (χ1) is 12.2. The Morgan fingerprint density at radius 2 is 1.50 bits per heavy atom. The molecule has 12 nitrogen and oxygen atoms in total. The monoisotopic (exact) mass is 383 g/mol. The first-order valence-corrected chi connectivity index (χ1v) is 8.06. The van der Waals surface area contributed by atoms with E-state index in [4.69, 9.17) is 14.2 Å². The topological polar surface area (TPSA) is 198 Å². The van der Waals surface area contributed by atoms with Crippen LogP contribution in [0.15, 0.2) is 0 Å². The van der Waals surface area contributed by atoms with Gasteiger partial charge in [-0.05, 0) is 0 Å². The maximum atomic E-state index is 11.4. The molecular weight excluding hydrogens is 358 g/mol. The molecule has 152 valence electrons. The molecule has 12 heteroatoms. The normalized spacial score (nSPS) is 46.8. The lowest BCUT2D eigenvalue weighted by Crippen LogP contribution is -2.67. The van der Waals surface area contributed by atoms with Gasteiger partial charge in [0.05, 0.1) is 13.2 Å². The molecule has 1 amide bonds. The first kappa shape index (κ1) is 21.4. The molecule has 0 aromatic rings. The number of aliphatic hydroxyl groups is 7. The van der Waals surface area contributed by atoms with E-state index in [0.29, 0.717) is 0 Å². The Kier molecular flexibility index (Phi) is 7.27. The van der Waals surface area contributed by atoms with Crippen LogP contribution in [0, 0.1) is 0 Å². The predicted molar refractivity (Wildman–Crippen MR) is 80.2 cm³/mol. The number of aliphatic hydroxyl groups excluding tert-OH is 7. The Morgan fingerprint density at radius 1 is 0.923 bits per heavy atom. The van der Waals surface area contributed by atoms with Gasteiger partial charge in [-0.15, -0.1) is 0 Å². The van der Waals surface area contributed by atoms with Crippen LogP contribution in [0.2, 0.25) is 0 Å². The molecule has 2 rings (SSSR count). The van der Waals surface area contributed by atoms with Crippen LogP contribution in [-0.4, -0.2) is 116 Å². The zero-order valence-electron chi connectivity index (χ0n) is 14.0. The Labute approximate surface area is 148 Å². The molecule has 10 atom stereocenters. The number of rotatable bonds is 5. The van der Waals surface area contributed by atoms with E-state index in [1.165, 1.54) is 0 Å². The average Bonchev–Trinajstić information content (AvgIpc) is 2.60. The Morgan fingerprint density at radius 3 is 2.04 bits per heavy atom. The van der Waals surface area contributed by atoms with Crippen molar-refractivity contribution in [3.8, 4) is 0 Å². The number of carbonyl (C=O) groups is 1. The second kappa shape index (κ2) is 8.84. The third-order valence-electron chi connectivity index (χ3n) is 4.38. The van der Waals surface area contributed by atoms with E-state index >= 15 is 0 Å². The smallest absolute Gasteiger partial charge is 0.217 e. The van der Waals surface area contributed by atoms with Crippen molar-refractivity contribution >= 4 is 5.91 Å². The van der Waals surface area contributed by atoms with Gasteiger partial charge in [0.15, 0.2) is 12.6 Å². The fraction of sp³-hybridized carbons (Fsp3) is 0.929. The molecule has 2 aliphatic heterocycles. The highest BCUT2D eigenvalue weighted by atomic mass is 16.7. The lowest BCUT2D eigenvalue weighted by atomic mass is 9.95. The van der Waals surface area contributed by atoms with Crippen molar-refractivity contribution in [3.05, 3.63) is 0 Å². The van der Waals surface area contributed by atoms with Gasteiger partial charge in [0.2, 0.25) is 5.91 Å². The van der Waals surface area contributed by atoms with Crippen molar-refractivity contribution in [2.75, 3.05) is 13.2 Å². The van der Waals surface area contributed by atoms with Gasteiger partial charge in [-0.2, -0.15) is 0 Å². The molecular formula is C14H25NO11. The summed E-state index contributed by atoms with van der Waals surface area (Å²) in [6.45, 7) is -0.199. The van der Waals surface area contributed by atoms with Crippen LogP contribution in [0.5, 0.6) is 0 Å². The van der Waals surface area contributed by atoms with Gasteiger partial charge in [0.25, 0.3) is 0 Å². The number of hydrogen-bond donors (Lipinski definition) is 8. The third kappa shape index (κ3) is 4.31. The molecule has 0 aliphatic carbocycles. The Balaban J connectivity index is 2.22. The highest BCUT2D eigenvalue weighted by Crippen LogP contribution is 2.28. The summed E-state index contributed by atoms with van der Waals surface area (Å²) in [4.78, 5) is 11.4. The van der Waals surface area contributed by atoms with Crippen molar-refractivity contribution in [3.63, 3.8) is 0 Å². The molecule has 0 spiro atoms. The summed E-state index contributed by atoms with van der Waals surface area (Å²) < 4.78 is 15.6. The highest BCUT2D eigenvalue weighted by Gasteiger charge is 2.50.